The van der Waals surface area contributed by atoms with E-state index in [1.54, 1.807) is 4.90 Å². The molecule has 1 aliphatic rings. The SMILES string of the molecule is O=C(Nc1ccccc1)C1CCN(C(=O)Cn2cnc3cc(-c4ccccc4)sc3c2=O)CC1. The number of amides is 2. The minimum Gasteiger partial charge on any atom is -0.341 e. The maximum Gasteiger partial charge on any atom is 0.271 e. The fourth-order valence-corrected chi connectivity index (χ4v) is 5.27. The molecule has 2 aromatic heterocycles. The molecular formula is C26H24N4O3S. The van der Waals surface area contributed by atoms with E-state index in [0.29, 0.717) is 36.1 Å². The minimum absolute atomic E-state index is 0.0175. The largest absolute Gasteiger partial charge is 0.341 e. The van der Waals surface area contributed by atoms with Gasteiger partial charge in [-0.3, -0.25) is 19.0 Å². The molecule has 34 heavy (non-hydrogen) atoms. The van der Waals surface area contributed by atoms with Gasteiger partial charge >= 0.3 is 0 Å². The van der Waals surface area contributed by atoms with Crippen LogP contribution in [0.5, 0.6) is 0 Å². The van der Waals surface area contributed by atoms with Gasteiger partial charge in [0.05, 0.1) is 11.8 Å². The monoisotopic (exact) mass is 472 g/mol. The summed E-state index contributed by atoms with van der Waals surface area (Å²) in [5.74, 6) is -0.284. The first-order valence-corrected chi connectivity index (χ1v) is 12.1. The number of piperidine rings is 1. The van der Waals surface area contributed by atoms with Gasteiger partial charge in [-0.1, -0.05) is 48.5 Å². The molecule has 0 unspecified atom stereocenters. The predicted octanol–water partition coefficient (Wildman–Crippen LogP) is 4.00. The van der Waals surface area contributed by atoms with Crippen molar-refractivity contribution in [2.75, 3.05) is 18.4 Å². The Balaban J connectivity index is 1.22. The van der Waals surface area contributed by atoms with Crippen molar-refractivity contribution in [3.63, 3.8) is 0 Å². The molecule has 172 valence electrons. The number of hydrogen-bond acceptors (Lipinski definition) is 5. The van der Waals surface area contributed by atoms with Crippen molar-refractivity contribution in [3.8, 4) is 10.4 Å². The number of hydrogen-bond donors (Lipinski definition) is 1. The third-order valence-corrected chi connectivity index (χ3v) is 7.29. The molecule has 0 atom stereocenters. The van der Waals surface area contributed by atoms with Crippen LogP contribution in [0.15, 0.2) is 77.9 Å². The molecule has 8 heteroatoms. The number of benzene rings is 2. The van der Waals surface area contributed by atoms with Gasteiger partial charge in [-0.25, -0.2) is 4.98 Å². The third kappa shape index (κ3) is 4.63. The van der Waals surface area contributed by atoms with Crippen molar-refractivity contribution in [2.24, 2.45) is 5.92 Å². The summed E-state index contributed by atoms with van der Waals surface area (Å²) in [7, 11) is 0. The zero-order chi connectivity index (χ0) is 23.5. The van der Waals surface area contributed by atoms with Crippen LogP contribution in [0.4, 0.5) is 5.69 Å². The fourth-order valence-electron chi connectivity index (χ4n) is 4.21. The Kier molecular flexibility index (Phi) is 6.22. The summed E-state index contributed by atoms with van der Waals surface area (Å²) in [6.07, 6.45) is 2.65. The maximum atomic E-state index is 13.0. The zero-order valence-electron chi connectivity index (χ0n) is 18.5. The zero-order valence-corrected chi connectivity index (χ0v) is 19.3. The molecule has 1 aliphatic heterocycles. The highest BCUT2D eigenvalue weighted by Gasteiger charge is 2.27. The lowest BCUT2D eigenvalue weighted by Gasteiger charge is -2.31. The van der Waals surface area contributed by atoms with Crippen LogP contribution in [-0.2, 0) is 16.1 Å². The summed E-state index contributed by atoms with van der Waals surface area (Å²) in [6, 6.07) is 21.1. The molecule has 0 radical (unpaired) electrons. The molecule has 3 heterocycles. The van der Waals surface area contributed by atoms with E-state index in [0.717, 1.165) is 16.1 Å². The van der Waals surface area contributed by atoms with Crippen LogP contribution in [0.25, 0.3) is 20.7 Å². The second-order valence-electron chi connectivity index (χ2n) is 8.38. The van der Waals surface area contributed by atoms with Gasteiger partial charge in [-0.15, -0.1) is 11.3 Å². The number of para-hydroxylation sites is 1. The number of nitrogens with zero attached hydrogens (tertiary/aromatic N) is 3. The van der Waals surface area contributed by atoms with Crippen LogP contribution >= 0.6 is 11.3 Å². The van der Waals surface area contributed by atoms with Crippen LogP contribution in [0.2, 0.25) is 0 Å². The molecule has 1 N–H and O–H groups in total. The minimum atomic E-state index is -0.206. The van der Waals surface area contributed by atoms with Gasteiger partial charge in [0.15, 0.2) is 0 Å². The number of carbonyl (C=O) groups excluding carboxylic acids is 2. The highest BCUT2D eigenvalue weighted by Crippen LogP contribution is 2.30. The number of fused-ring (bicyclic) bond motifs is 1. The van der Waals surface area contributed by atoms with E-state index in [2.05, 4.69) is 10.3 Å². The Morgan fingerprint density at radius 2 is 1.68 bits per heavy atom. The second kappa shape index (κ2) is 9.61. The highest BCUT2D eigenvalue weighted by molar-refractivity contribution is 7.22. The molecule has 0 spiro atoms. The molecule has 2 aromatic carbocycles. The van der Waals surface area contributed by atoms with Crippen LogP contribution in [0.3, 0.4) is 0 Å². The molecular weight excluding hydrogens is 448 g/mol. The molecule has 0 aliphatic carbocycles. The van der Waals surface area contributed by atoms with Crippen LogP contribution < -0.4 is 10.9 Å². The Morgan fingerprint density at radius 1 is 1.00 bits per heavy atom. The van der Waals surface area contributed by atoms with Crippen molar-refractivity contribution in [1.29, 1.82) is 0 Å². The first-order valence-electron chi connectivity index (χ1n) is 11.3. The smallest absolute Gasteiger partial charge is 0.271 e. The Morgan fingerprint density at radius 3 is 2.38 bits per heavy atom. The summed E-state index contributed by atoms with van der Waals surface area (Å²) in [6.45, 7) is 0.932. The molecule has 4 aromatic rings. The number of thiophene rings is 1. The molecule has 1 fully saturated rings. The lowest BCUT2D eigenvalue weighted by Crippen LogP contribution is -2.43. The topological polar surface area (TPSA) is 84.3 Å². The van der Waals surface area contributed by atoms with E-state index in [1.807, 2.05) is 66.7 Å². The molecule has 7 nitrogen and oxygen atoms in total. The summed E-state index contributed by atoms with van der Waals surface area (Å²) < 4.78 is 1.93. The average Bonchev–Trinajstić information content (AvgIpc) is 3.32. The number of rotatable bonds is 5. The number of anilines is 1. The van der Waals surface area contributed by atoms with Crippen LogP contribution in [0, 0.1) is 5.92 Å². The van der Waals surface area contributed by atoms with Crippen molar-refractivity contribution in [2.45, 2.75) is 19.4 Å². The third-order valence-electron chi connectivity index (χ3n) is 6.13. The fraction of sp³-hybridized carbons (Fsp3) is 0.231. The van der Waals surface area contributed by atoms with E-state index in [1.165, 1.54) is 22.2 Å². The van der Waals surface area contributed by atoms with E-state index < -0.39 is 0 Å². The Hall–Kier alpha value is -3.78. The average molecular weight is 473 g/mol. The van der Waals surface area contributed by atoms with Crippen molar-refractivity contribution < 1.29 is 9.59 Å². The lowest BCUT2D eigenvalue weighted by molar-refractivity contribution is -0.135. The van der Waals surface area contributed by atoms with Gasteiger partial charge < -0.3 is 10.2 Å². The molecule has 0 saturated carbocycles. The number of aromatic nitrogens is 2. The Labute approximate surface area is 200 Å². The quantitative estimate of drug-likeness (QED) is 0.476. The van der Waals surface area contributed by atoms with Gasteiger partial charge in [0.2, 0.25) is 11.8 Å². The lowest BCUT2D eigenvalue weighted by atomic mass is 9.95. The maximum absolute atomic E-state index is 13.0. The summed E-state index contributed by atoms with van der Waals surface area (Å²) in [5.41, 5.74) is 2.24. The summed E-state index contributed by atoms with van der Waals surface area (Å²) >= 11 is 1.39. The van der Waals surface area contributed by atoms with Crippen molar-refractivity contribution in [1.82, 2.24) is 14.5 Å². The molecule has 1 saturated heterocycles. The number of nitrogens with one attached hydrogen (secondary N) is 1. The highest BCUT2D eigenvalue weighted by atomic mass is 32.1. The number of likely N-dealkylation sites (tertiary alicyclic amines) is 1. The molecule has 2 amide bonds. The van der Waals surface area contributed by atoms with Gasteiger partial charge in [0.1, 0.15) is 11.2 Å². The van der Waals surface area contributed by atoms with Gasteiger partial charge in [-0.2, -0.15) is 0 Å². The molecule has 0 bridgehead atoms. The van der Waals surface area contributed by atoms with E-state index in [9.17, 15) is 14.4 Å². The van der Waals surface area contributed by atoms with Crippen LogP contribution in [-0.4, -0.2) is 39.4 Å². The van der Waals surface area contributed by atoms with Crippen molar-refractivity contribution >= 4 is 39.1 Å². The van der Waals surface area contributed by atoms with E-state index >= 15 is 0 Å². The first-order chi connectivity index (χ1) is 16.6. The summed E-state index contributed by atoms with van der Waals surface area (Å²) in [4.78, 5) is 45.6. The van der Waals surface area contributed by atoms with Crippen molar-refractivity contribution in [3.05, 3.63) is 83.4 Å². The van der Waals surface area contributed by atoms with Crippen LogP contribution in [0.1, 0.15) is 12.8 Å². The Bertz CT molecular complexity index is 1370. The standard InChI is InChI=1S/C26H24N4O3S/c31-23(29-13-11-19(12-14-29)25(32)28-20-9-5-2-6-10-20)16-30-17-27-21-15-22(34-24(21)26(30)33)18-7-3-1-4-8-18/h1-10,15,17,19H,11-14,16H2,(H,28,32). The second-order valence-corrected chi connectivity index (χ2v) is 9.43. The van der Waals surface area contributed by atoms with Gasteiger partial charge in [0.25, 0.3) is 5.56 Å². The van der Waals surface area contributed by atoms with E-state index in [-0.39, 0.29) is 29.8 Å². The first kappa shape index (κ1) is 22.0. The van der Waals surface area contributed by atoms with Gasteiger partial charge in [-0.05, 0) is 36.6 Å². The van der Waals surface area contributed by atoms with E-state index in [4.69, 9.17) is 0 Å². The van der Waals surface area contributed by atoms with Gasteiger partial charge in [0, 0.05) is 29.6 Å². The summed E-state index contributed by atoms with van der Waals surface area (Å²) in [5, 5.41) is 2.94. The number of carbonyl (C=O) groups is 2. The molecule has 5 rings (SSSR count). The predicted molar refractivity (Wildman–Crippen MR) is 134 cm³/mol. The normalized spacial score (nSPS) is 14.3.